The summed E-state index contributed by atoms with van der Waals surface area (Å²) < 4.78 is 4.81. The zero-order valence-electron chi connectivity index (χ0n) is 44.0. The van der Waals surface area contributed by atoms with Gasteiger partial charge in [-0.2, -0.15) is 0 Å². The lowest BCUT2D eigenvalue weighted by Crippen LogP contribution is -2.02. The van der Waals surface area contributed by atoms with E-state index in [0.29, 0.717) is 5.69 Å². The van der Waals surface area contributed by atoms with Gasteiger partial charge in [0.2, 0.25) is 5.69 Å². The zero-order chi connectivity index (χ0) is 51.3. The Morgan fingerprint density at radius 2 is 0.635 bits per heavy atom. The molecule has 0 saturated carbocycles. The number of nitrogens with zero attached hydrogens (tertiary/aromatic N) is 4. The van der Waals surface area contributed by atoms with E-state index < -0.39 is 0 Å². The molecule has 358 valence electrons. The molecule has 0 N–H and O–H groups in total. The van der Waals surface area contributed by atoms with Crippen LogP contribution in [0.3, 0.4) is 0 Å². The van der Waals surface area contributed by atoms with Crippen LogP contribution in [0.5, 0.6) is 0 Å². The minimum atomic E-state index is 0.560. The third kappa shape index (κ3) is 7.79. The van der Waals surface area contributed by atoms with Gasteiger partial charge in [-0.25, -0.2) is 4.85 Å². The van der Waals surface area contributed by atoms with E-state index in [1.54, 1.807) is 0 Å². The van der Waals surface area contributed by atoms with Gasteiger partial charge in [0.05, 0.1) is 34.3 Å². The molecule has 0 aliphatic carbocycles. The molecule has 0 unspecified atom stereocenters. The second kappa shape index (κ2) is 17.8. The van der Waals surface area contributed by atoms with Crippen molar-refractivity contribution in [2.45, 2.75) is 69.2 Å². The van der Waals surface area contributed by atoms with Gasteiger partial charge in [0.25, 0.3) is 0 Å². The highest BCUT2D eigenvalue weighted by atomic mass is 15.0. The van der Waals surface area contributed by atoms with Crippen molar-refractivity contribution in [3.05, 3.63) is 237 Å². The fraction of sp³-hybridized carbons (Fsp3) is 0.143. The van der Waals surface area contributed by atoms with Gasteiger partial charge in [0.15, 0.2) is 0 Å². The molecule has 74 heavy (non-hydrogen) atoms. The summed E-state index contributed by atoms with van der Waals surface area (Å²) >= 11 is 0. The molecule has 0 radical (unpaired) electrons. The highest BCUT2D eigenvalue weighted by Gasteiger charge is 2.24. The van der Waals surface area contributed by atoms with Gasteiger partial charge in [-0.05, 0) is 190 Å². The van der Waals surface area contributed by atoms with Crippen LogP contribution in [0.15, 0.2) is 170 Å². The van der Waals surface area contributed by atoms with Crippen LogP contribution in [-0.4, -0.2) is 14.1 Å². The van der Waals surface area contributed by atoms with Crippen LogP contribution in [0.2, 0.25) is 0 Å². The predicted octanol–water partition coefficient (Wildman–Crippen LogP) is 19.2. The summed E-state index contributed by atoms with van der Waals surface area (Å²) in [6.45, 7) is 30.8. The van der Waals surface area contributed by atoms with E-state index >= 15 is 0 Å². The minimum Gasteiger partial charge on any atom is -0.319 e. The Hall–Kier alpha value is -8.78. The molecule has 3 aromatic heterocycles. The molecule has 0 amide bonds. The van der Waals surface area contributed by atoms with Crippen molar-refractivity contribution in [1.29, 1.82) is 0 Å². The molecule has 9 aromatic carbocycles. The van der Waals surface area contributed by atoms with E-state index in [1.165, 1.54) is 66.8 Å². The third-order valence-electron chi connectivity index (χ3n) is 15.4. The van der Waals surface area contributed by atoms with Gasteiger partial charge in [-0.15, -0.1) is 0 Å². The number of rotatable bonds is 7. The standard InChI is InChI=1S/C70H58N4/c1-40-12-20-55(44(5)28-40)50-16-24-59-60-25-17-51(56-21-13-41(2)29-45(56)6)35-66(60)73(65(59)34-50)69-39-64(71-11)70(38-63(69)54-32-48(9)72-49(10)33-54)74-67-36-52(57-22-14-42(3)30-46(57)7)18-26-61(67)62-27-19-53(37-68(62)74)58-23-15-43(4)31-47(58)8/h12-39H,1-10H3. The second-order valence-electron chi connectivity index (χ2n) is 21.0. The van der Waals surface area contributed by atoms with Gasteiger partial charge in [0, 0.05) is 44.2 Å². The van der Waals surface area contributed by atoms with Crippen LogP contribution in [-0.2, 0) is 0 Å². The number of hydrogen-bond donors (Lipinski definition) is 0. The summed E-state index contributed by atoms with van der Waals surface area (Å²) in [6, 6.07) is 63.3. The number of pyridine rings is 1. The van der Waals surface area contributed by atoms with Crippen LogP contribution in [0.1, 0.15) is 55.9 Å². The largest absolute Gasteiger partial charge is 0.319 e. The first-order valence-corrected chi connectivity index (χ1v) is 25.7. The van der Waals surface area contributed by atoms with Crippen molar-refractivity contribution in [3.63, 3.8) is 0 Å². The monoisotopic (exact) mass is 954 g/mol. The van der Waals surface area contributed by atoms with E-state index in [4.69, 9.17) is 4.98 Å². The highest BCUT2D eigenvalue weighted by molar-refractivity contribution is 6.14. The average Bonchev–Trinajstić information content (AvgIpc) is 3.87. The summed E-state index contributed by atoms with van der Waals surface area (Å²) in [5, 5.41) is 4.58. The summed E-state index contributed by atoms with van der Waals surface area (Å²) in [5.41, 5.74) is 29.8. The van der Waals surface area contributed by atoms with Crippen molar-refractivity contribution < 1.29 is 0 Å². The molecule has 0 aliphatic rings. The molecule has 0 spiro atoms. The topological polar surface area (TPSA) is 27.1 Å². The lowest BCUT2D eigenvalue weighted by atomic mass is 9.96. The Morgan fingerprint density at radius 1 is 0.311 bits per heavy atom. The Labute approximate surface area is 434 Å². The maximum atomic E-state index is 9.21. The van der Waals surface area contributed by atoms with Crippen molar-refractivity contribution in [2.75, 3.05) is 0 Å². The van der Waals surface area contributed by atoms with E-state index in [2.05, 4.69) is 253 Å². The summed E-state index contributed by atoms with van der Waals surface area (Å²) in [5.74, 6) is 0. The quantitative estimate of drug-likeness (QED) is 0.146. The number of aryl methyl sites for hydroxylation is 10. The van der Waals surface area contributed by atoms with Gasteiger partial charge >= 0.3 is 0 Å². The number of benzene rings is 9. The van der Waals surface area contributed by atoms with E-state index in [0.717, 1.165) is 99.8 Å². The summed E-state index contributed by atoms with van der Waals surface area (Å²) in [7, 11) is 0. The highest BCUT2D eigenvalue weighted by Crippen LogP contribution is 2.46. The van der Waals surface area contributed by atoms with Crippen LogP contribution >= 0.6 is 0 Å². The first-order valence-electron chi connectivity index (χ1n) is 25.7. The molecule has 3 heterocycles. The minimum absolute atomic E-state index is 0.560. The second-order valence-corrected chi connectivity index (χ2v) is 21.0. The molecule has 0 fully saturated rings. The Bertz CT molecular complexity index is 4140. The fourth-order valence-corrected chi connectivity index (χ4v) is 12.0. The van der Waals surface area contributed by atoms with Crippen molar-refractivity contribution in [1.82, 2.24) is 14.1 Å². The molecular weight excluding hydrogens is 897 g/mol. The van der Waals surface area contributed by atoms with Crippen molar-refractivity contribution >= 4 is 49.3 Å². The van der Waals surface area contributed by atoms with Crippen LogP contribution in [0.4, 0.5) is 5.69 Å². The fourth-order valence-electron chi connectivity index (χ4n) is 12.0. The molecule has 4 heteroatoms. The molecule has 0 saturated heterocycles. The summed E-state index contributed by atoms with van der Waals surface area (Å²) in [6.07, 6.45) is 0. The van der Waals surface area contributed by atoms with Crippen LogP contribution < -0.4 is 0 Å². The van der Waals surface area contributed by atoms with Crippen LogP contribution in [0, 0.1) is 75.8 Å². The smallest absolute Gasteiger partial charge is 0.212 e. The van der Waals surface area contributed by atoms with Gasteiger partial charge in [-0.3, -0.25) is 4.98 Å². The van der Waals surface area contributed by atoms with Crippen molar-refractivity contribution in [3.8, 4) is 67.0 Å². The summed E-state index contributed by atoms with van der Waals surface area (Å²) in [4.78, 5) is 9.42. The van der Waals surface area contributed by atoms with Gasteiger partial charge in [-0.1, -0.05) is 144 Å². The number of aromatic nitrogens is 3. The van der Waals surface area contributed by atoms with E-state index in [-0.39, 0.29) is 0 Å². The van der Waals surface area contributed by atoms with E-state index in [9.17, 15) is 6.57 Å². The molecule has 4 nitrogen and oxygen atoms in total. The van der Waals surface area contributed by atoms with Crippen LogP contribution in [0.25, 0.3) is 115 Å². The average molecular weight is 955 g/mol. The Balaban J connectivity index is 1.21. The third-order valence-corrected chi connectivity index (χ3v) is 15.4. The first kappa shape index (κ1) is 46.3. The lowest BCUT2D eigenvalue weighted by molar-refractivity contribution is 1.12. The number of hydrogen-bond acceptors (Lipinski definition) is 1. The zero-order valence-corrected chi connectivity index (χ0v) is 44.0. The maximum Gasteiger partial charge on any atom is 0.212 e. The molecule has 0 atom stereocenters. The normalized spacial score (nSPS) is 11.6. The molecule has 12 rings (SSSR count). The van der Waals surface area contributed by atoms with Gasteiger partial charge in [0.1, 0.15) is 0 Å². The molecule has 0 bridgehead atoms. The van der Waals surface area contributed by atoms with Crippen molar-refractivity contribution in [2.24, 2.45) is 0 Å². The predicted molar refractivity (Wildman–Crippen MR) is 314 cm³/mol. The molecule has 12 aromatic rings. The first-order chi connectivity index (χ1) is 35.7. The Morgan fingerprint density at radius 3 is 0.946 bits per heavy atom. The lowest BCUT2D eigenvalue weighted by Gasteiger charge is -2.20. The molecule has 0 aliphatic heterocycles. The Kier molecular flexibility index (Phi) is 11.1. The van der Waals surface area contributed by atoms with E-state index in [1.807, 2.05) is 0 Å². The SMILES string of the molecule is [C-]#[N+]c1cc(-n2c3cc(-c4ccc(C)cc4C)ccc3c3ccc(-c4ccc(C)cc4C)cc32)c(-c2cc(C)nc(C)c2)cc1-n1c2cc(-c3ccc(C)cc3C)ccc2c2ccc(-c3ccc(C)cc3C)cc21. The number of fused-ring (bicyclic) bond motifs is 6. The van der Waals surface area contributed by atoms with Gasteiger partial charge < -0.3 is 9.13 Å². The molecular formula is C70H58N4. The maximum absolute atomic E-state index is 9.21.